The van der Waals surface area contributed by atoms with Crippen LogP contribution in [-0.4, -0.2) is 26.6 Å². The Bertz CT molecular complexity index is 740. The fraction of sp³-hybridized carbons (Fsp3) is 0.0769. The lowest BCUT2D eigenvalue weighted by Crippen LogP contribution is -1.86. The Morgan fingerprint density at radius 1 is 1.39 bits per heavy atom. The van der Waals surface area contributed by atoms with Gasteiger partial charge in [-0.2, -0.15) is 5.10 Å². The summed E-state index contributed by atoms with van der Waals surface area (Å²) in [5.74, 6) is 0.179. The molecule has 3 aromatic rings. The van der Waals surface area contributed by atoms with Gasteiger partial charge in [0.25, 0.3) is 0 Å². The zero-order chi connectivity index (χ0) is 12.7. The lowest BCUT2D eigenvalue weighted by molar-refractivity contribution is 0.112. The molecule has 0 spiro atoms. The highest BCUT2D eigenvalue weighted by Crippen LogP contribution is 2.37. The van der Waals surface area contributed by atoms with E-state index in [9.17, 15) is 9.90 Å². The number of rotatable bonds is 2. The first-order valence-corrected chi connectivity index (χ1v) is 5.51. The number of aryl methyl sites for hydroxylation is 1. The van der Waals surface area contributed by atoms with Crippen LogP contribution in [0, 0.1) is 6.92 Å². The molecule has 2 heterocycles. The number of aromatic hydroxyl groups is 1. The van der Waals surface area contributed by atoms with Gasteiger partial charge in [0.15, 0.2) is 6.29 Å². The molecule has 0 unspecified atom stereocenters. The molecular formula is C13H11N3O2. The van der Waals surface area contributed by atoms with Gasteiger partial charge in [0.05, 0.1) is 28.4 Å². The summed E-state index contributed by atoms with van der Waals surface area (Å²) < 4.78 is 0. The average molecular weight is 241 g/mol. The number of hydrogen-bond donors (Lipinski definition) is 3. The number of carbonyl (C=O) groups excluding carboxylic acids is 1. The Hall–Kier alpha value is -2.56. The van der Waals surface area contributed by atoms with Crippen molar-refractivity contribution < 1.29 is 9.90 Å². The van der Waals surface area contributed by atoms with E-state index in [0.29, 0.717) is 16.6 Å². The minimum Gasteiger partial charge on any atom is -0.507 e. The number of H-pyrrole nitrogens is 2. The van der Waals surface area contributed by atoms with Gasteiger partial charge in [-0.1, -0.05) is 6.07 Å². The molecule has 0 saturated carbocycles. The fourth-order valence-electron chi connectivity index (χ4n) is 2.26. The maximum absolute atomic E-state index is 11.0. The van der Waals surface area contributed by atoms with Crippen molar-refractivity contribution in [3.05, 3.63) is 35.7 Å². The third-order valence-electron chi connectivity index (χ3n) is 3.04. The van der Waals surface area contributed by atoms with Crippen LogP contribution in [0.5, 0.6) is 5.75 Å². The second-order valence-corrected chi connectivity index (χ2v) is 4.14. The van der Waals surface area contributed by atoms with E-state index in [0.717, 1.165) is 23.1 Å². The predicted molar refractivity (Wildman–Crippen MR) is 67.7 cm³/mol. The first kappa shape index (κ1) is 10.6. The number of benzene rings is 1. The summed E-state index contributed by atoms with van der Waals surface area (Å²) in [5.41, 5.74) is 3.58. The van der Waals surface area contributed by atoms with Crippen LogP contribution in [0.3, 0.4) is 0 Å². The molecule has 0 saturated heterocycles. The number of aromatic amines is 2. The van der Waals surface area contributed by atoms with Crippen LogP contribution in [0.2, 0.25) is 0 Å². The molecule has 90 valence electrons. The van der Waals surface area contributed by atoms with Crippen LogP contribution in [0.1, 0.15) is 16.1 Å². The van der Waals surface area contributed by atoms with Gasteiger partial charge in [0, 0.05) is 11.3 Å². The van der Waals surface area contributed by atoms with E-state index in [4.69, 9.17) is 0 Å². The second-order valence-electron chi connectivity index (χ2n) is 4.14. The number of aromatic nitrogens is 3. The Labute approximate surface area is 102 Å². The van der Waals surface area contributed by atoms with E-state index < -0.39 is 0 Å². The standard InChI is InChI=1S/C13H11N3O2/c1-7-11(13-8(6-17)5-14-16-13)12-9(15-7)3-2-4-10(12)18/h2-6,15,18H,1H3,(H,14,16). The van der Waals surface area contributed by atoms with Crippen LogP contribution in [-0.2, 0) is 0 Å². The lowest BCUT2D eigenvalue weighted by Gasteiger charge is -2.01. The molecule has 18 heavy (non-hydrogen) atoms. The average Bonchev–Trinajstić information content (AvgIpc) is 2.92. The highest BCUT2D eigenvalue weighted by atomic mass is 16.3. The van der Waals surface area contributed by atoms with E-state index in [1.165, 1.54) is 6.20 Å². The molecule has 0 amide bonds. The lowest BCUT2D eigenvalue weighted by atomic mass is 10.0. The van der Waals surface area contributed by atoms with Crippen molar-refractivity contribution in [2.75, 3.05) is 0 Å². The van der Waals surface area contributed by atoms with Gasteiger partial charge >= 0.3 is 0 Å². The fourth-order valence-corrected chi connectivity index (χ4v) is 2.26. The Balaban J connectivity index is 2.42. The highest BCUT2D eigenvalue weighted by molar-refractivity contribution is 6.03. The van der Waals surface area contributed by atoms with Crippen LogP contribution in [0.15, 0.2) is 24.4 Å². The van der Waals surface area contributed by atoms with Crippen molar-refractivity contribution in [3.63, 3.8) is 0 Å². The van der Waals surface area contributed by atoms with E-state index >= 15 is 0 Å². The van der Waals surface area contributed by atoms with Gasteiger partial charge < -0.3 is 10.1 Å². The van der Waals surface area contributed by atoms with Crippen LogP contribution >= 0.6 is 0 Å². The Morgan fingerprint density at radius 2 is 2.22 bits per heavy atom. The maximum Gasteiger partial charge on any atom is 0.153 e. The summed E-state index contributed by atoms with van der Waals surface area (Å²) in [7, 11) is 0. The van der Waals surface area contributed by atoms with Crippen molar-refractivity contribution in [2.24, 2.45) is 0 Å². The molecule has 2 aromatic heterocycles. The van der Waals surface area contributed by atoms with Crippen molar-refractivity contribution in [3.8, 4) is 17.0 Å². The predicted octanol–water partition coefficient (Wildman–Crippen LogP) is 2.38. The molecule has 0 atom stereocenters. The monoisotopic (exact) mass is 241 g/mol. The molecule has 0 bridgehead atoms. The van der Waals surface area contributed by atoms with Crippen LogP contribution in [0.4, 0.5) is 0 Å². The normalized spacial score (nSPS) is 10.9. The van der Waals surface area contributed by atoms with Crippen molar-refractivity contribution >= 4 is 17.2 Å². The number of phenolic OH excluding ortho intramolecular Hbond substituents is 1. The summed E-state index contributed by atoms with van der Waals surface area (Å²) in [6, 6.07) is 5.27. The molecule has 5 nitrogen and oxygen atoms in total. The Kier molecular flexibility index (Phi) is 2.19. The van der Waals surface area contributed by atoms with Gasteiger partial charge in [-0.05, 0) is 19.1 Å². The summed E-state index contributed by atoms with van der Waals surface area (Å²) in [6.45, 7) is 1.89. The molecule has 0 aliphatic rings. The molecule has 0 aliphatic heterocycles. The number of hydrogen-bond acceptors (Lipinski definition) is 3. The zero-order valence-corrected chi connectivity index (χ0v) is 9.69. The minimum absolute atomic E-state index is 0.179. The van der Waals surface area contributed by atoms with Crippen LogP contribution < -0.4 is 0 Å². The molecule has 3 N–H and O–H groups in total. The molecule has 3 rings (SSSR count). The number of carbonyl (C=O) groups is 1. The Morgan fingerprint density at radius 3 is 3.00 bits per heavy atom. The van der Waals surface area contributed by atoms with Crippen molar-refractivity contribution in [1.82, 2.24) is 15.2 Å². The van der Waals surface area contributed by atoms with Gasteiger partial charge in [0.2, 0.25) is 0 Å². The third-order valence-corrected chi connectivity index (χ3v) is 3.04. The summed E-state index contributed by atoms with van der Waals surface area (Å²) in [4.78, 5) is 14.2. The van der Waals surface area contributed by atoms with Gasteiger partial charge in [-0.3, -0.25) is 9.89 Å². The van der Waals surface area contributed by atoms with E-state index in [2.05, 4.69) is 15.2 Å². The molecule has 0 aliphatic carbocycles. The summed E-state index contributed by atoms with van der Waals surface area (Å²) in [6.07, 6.45) is 2.22. The zero-order valence-electron chi connectivity index (χ0n) is 9.69. The maximum atomic E-state index is 11.0. The molecule has 5 heteroatoms. The molecular weight excluding hydrogens is 230 g/mol. The minimum atomic E-state index is 0.179. The first-order valence-electron chi connectivity index (χ1n) is 5.51. The topological polar surface area (TPSA) is 81.8 Å². The molecule has 1 aromatic carbocycles. The van der Waals surface area contributed by atoms with E-state index in [1.807, 2.05) is 13.0 Å². The van der Waals surface area contributed by atoms with Crippen LogP contribution in [0.25, 0.3) is 22.2 Å². The number of nitrogens with zero attached hydrogens (tertiary/aromatic N) is 1. The number of fused-ring (bicyclic) bond motifs is 1. The molecule has 0 radical (unpaired) electrons. The number of aldehydes is 1. The molecule has 0 fully saturated rings. The van der Waals surface area contributed by atoms with Crippen molar-refractivity contribution in [2.45, 2.75) is 6.92 Å². The quantitative estimate of drug-likeness (QED) is 0.602. The van der Waals surface area contributed by atoms with E-state index in [-0.39, 0.29) is 5.75 Å². The second kappa shape index (κ2) is 3.73. The number of phenols is 1. The SMILES string of the molecule is Cc1[nH]c2cccc(O)c2c1-c1[nH]ncc1C=O. The van der Waals surface area contributed by atoms with Gasteiger partial charge in [0.1, 0.15) is 5.75 Å². The largest absolute Gasteiger partial charge is 0.507 e. The smallest absolute Gasteiger partial charge is 0.153 e. The number of nitrogens with one attached hydrogen (secondary N) is 2. The third kappa shape index (κ3) is 1.34. The van der Waals surface area contributed by atoms with Crippen molar-refractivity contribution in [1.29, 1.82) is 0 Å². The van der Waals surface area contributed by atoms with E-state index in [1.54, 1.807) is 12.1 Å². The van der Waals surface area contributed by atoms with Gasteiger partial charge in [-0.25, -0.2) is 0 Å². The summed E-state index contributed by atoms with van der Waals surface area (Å²) in [5, 5.41) is 17.4. The summed E-state index contributed by atoms with van der Waals surface area (Å²) >= 11 is 0. The first-order chi connectivity index (χ1) is 8.72. The highest BCUT2D eigenvalue weighted by Gasteiger charge is 2.17. The van der Waals surface area contributed by atoms with Gasteiger partial charge in [-0.15, -0.1) is 0 Å².